The lowest BCUT2D eigenvalue weighted by molar-refractivity contribution is -0.141. The molecule has 0 unspecified atom stereocenters. The SMILES string of the molecule is O=C1CC[C@H](CCc2cccc(F)c2)O1. The molecule has 1 heterocycles. The minimum absolute atomic E-state index is 0.0285. The van der Waals surface area contributed by atoms with Crippen LogP contribution in [0, 0.1) is 5.82 Å². The first-order valence-electron chi connectivity index (χ1n) is 5.18. The number of carbonyl (C=O) groups excluding carboxylic acids is 1. The lowest BCUT2D eigenvalue weighted by Gasteiger charge is -2.08. The maximum atomic E-state index is 12.8. The van der Waals surface area contributed by atoms with E-state index in [4.69, 9.17) is 4.74 Å². The summed E-state index contributed by atoms with van der Waals surface area (Å²) < 4.78 is 17.9. The number of ether oxygens (including phenoxy) is 1. The van der Waals surface area contributed by atoms with E-state index in [0.29, 0.717) is 6.42 Å². The van der Waals surface area contributed by atoms with Crippen LogP contribution in [0.5, 0.6) is 0 Å². The quantitative estimate of drug-likeness (QED) is 0.713. The molecule has 0 amide bonds. The van der Waals surface area contributed by atoms with E-state index in [-0.39, 0.29) is 17.9 Å². The van der Waals surface area contributed by atoms with Crippen molar-refractivity contribution >= 4 is 5.97 Å². The highest BCUT2D eigenvalue weighted by Crippen LogP contribution is 2.19. The highest BCUT2D eigenvalue weighted by Gasteiger charge is 2.22. The van der Waals surface area contributed by atoms with Crippen LogP contribution in [-0.2, 0) is 16.0 Å². The predicted octanol–water partition coefficient (Wildman–Crippen LogP) is 2.46. The highest BCUT2D eigenvalue weighted by atomic mass is 19.1. The number of esters is 1. The van der Waals surface area contributed by atoms with Crippen LogP contribution in [0.4, 0.5) is 4.39 Å². The zero-order valence-corrected chi connectivity index (χ0v) is 8.41. The van der Waals surface area contributed by atoms with Gasteiger partial charge in [-0.1, -0.05) is 12.1 Å². The van der Waals surface area contributed by atoms with Crippen LogP contribution in [-0.4, -0.2) is 12.1 Å². The molecule has 1 aromatic rings. The van der Waals surface area contributed by atoms with Crippen molar-refractivity contribution in [2.75, 3.05) is 0 Å². The van der Waals surface area contributed by atoms with E-state index in [0.717, 1.165) is 24.8 Å². The Morgan fingerprint density at radius 2 is 2.33 bits per heavy atom. The molecule has 80 valence electrons. The summed E-state index contributed by atoms with van der Waals surface area (Å²) in [6.07, 6.45) is 2.90. The normalized spacial score (nSPS) is 20.3. The molecule has 1 atom stereocenters. The van der Waals surface area contributed by atoms with Gasteiger partial charge in [0, 0.05) is 6.42 Å². The second-order valence-corrected chi connectivity index (χ2v) is 3.82. The number of benzene rings is 1. The molecule has 0 aromatic heterocycles. The minimum Gasteiger partial charge on any atom is -0.462 e. The Balaban J connectivity index is 1.85. The van der Waals surface area contributed by atoms with Crippen LogP contribution >= 0.6 is 0 Å². The summed E-state index contributed by atoms with van der Waals surface area (Å²) >= 11 is 0. The average Bonchev–Trinajstić information content (AvgIpc) is 2.62. The van der Waals surface area contributed by atoms with Crippen molar-refractivity contribution in [3.63, 3.8) is 0 Å². The number of hydrogen-bond acceptors (Lipinski definition) is 2. The number of aryl methyl sites for hydroxylation is 1. The smallest absolute Gasteiger partial charge is 0.306 e. The molecular weight excluding hydrogens is 195 g/mol. The summed E-state index contributed by atoms with van der Waals surface area (Å²) in [6, 6.07) is 6.54. The van der Waals surface area contributed by atoms with E-state index in [1.54, 1.807) is 6.07 Å². The molecule has 0 spiro atoms. The van der Waals surface area contributed by atoms with E-state index >= 15 is 0 Å². The standard InChI is InChI=1S/C12H13FO2/c13-10-3-1-2-9(8-10)4-5-11-6-7-12(14)15-11/h1-3,8,11H,4-7H2/t11-/m0/s1. The fraction of sp³-hybridized carbons (Fsp3) is 0.417. The largest absolute Gasteiger partial charge is 0.462 e. The monoisotopic (exact) mass is 208 g/mol. The van der Waals surface area contributed by atoms with Gasteiger partial charge in [-0.2, -0.15) is 0 Å². The molecule has 1 aliphatic rings. The molecule has 0 saturated carbocycles. The summed E-state index contributed by atoms with van der Waals surface area (Å²) in [5, 5.41) is 0. The van der Waals surface area contributed by atoms with Crippen molar-refractivity contribution in [3.8, 4) is 0 Å². The van der Waals surface area contributed by atoms with Gasteiger partial charge in [0.15, 0.2) is 0 Å². The molecule has 0 aliphatic carbocycles. The van der Waals surface area contributed by atoms with Crippen molar-refractivity contribution in [3.05, 3.63) is 35.6 Å². The molecule has 15 heavy (non-hydrogen) atoms. The van der Waals surface area contributed by atoms with Crippen molar-refractivity contribution in [2.45, 2.75) is 31.8 Å². The second kappa shape index (κ2) is 4.43. The van der Waals surface area contributed by atoms with Crippen LogP contribution in [0.2, 0.25) is 0 Å². The molecule has 0 N–H and O–H groups in total. The number of carbonyl (C=O) groups is 1. The zero-order chi connectivity index (χ0) is 10.7. The molecule has 2 nitrogen and oxygen atoms in total. The Kier molecular flexibility index (Phi) is 2.99. The molecule has 0 radical (unpaired) electrons. The Bertz CT molecular complexity index is 362. The van der Waals surface area contributed by atoms with Crippen molar-refractivity contribution in [1.29, 1.82) is 0 Å². The summed E-state index contributed by atoms with van der Waals surface area (Å²) in [7, 11) is 0. The molecule has 1 aromatic carbocycles. The van der Waals surface area contributed by atoms with Crippen LogP contribution in [0.25, 0.3) is 0 Å². The fourth-order valence-electron chi connectivity index (χ4n) is 1.81. The van der Waals surface area contributed by atoms with E-state index in [2.05, 4.69) is 0 Å². The zero-order valence-electron chi connectivity index (χ0n) is 8.41. The van der Waals surface area contributed by atoms with Gasteiger partial charge >= 0.3 is 5.97 Å². The fourth-order valence-corrected chi connectivity index (χ4v) is 1.81. The maximum absolute atomic E-state index is 12.8. The minimum atomic E-state index is -0.212. The van der Waals surface area contributed by atoms with Gasteiger partial charge in [-0.3, -0.25) is 4.79 Å². The van der Waals surface area contributed by atoms with Gasteiger partial charge in [-0.05, 0) is 37.0 Å². The Hall–Kier alpha value is -1.38. The lowest BCUT2D eigenvalue weighted by Crippen LogP contribution is -2.07. The molecule has 2 rings (SSSR count). The van der Waals surface area contributed by atoms with Crippen LogP contribution in [0.15, 0.2) is 24.3 Å². The van der Waals surface area contributed by atoms with Crippen LogP contribution in [0.1, 0.15) is 24.8 Å². The summed E-state index contributed by atoms with van der Waals surface area (Å²) in [5.41, 5.74) is 0.956. The molecular formula is C12H13FO2. The van der Waals surface area contributed by atoms with Gasteiger partial charge in [-0.25, -0.2) is 4.39 Å². The number of rotatable bonds is 3. The summed E-state index contributed by atoms with van der Waals surface area (Å²) in [5.74, 6) is -0.324. The number of hydrogen-bond donors (Lipinski definition) is 0. The van der Waals surface area contributed by atoms with Crippen molar-refractivity contribution < 1.29 is 13.9 Å². The molecule has 1 aliphatic heterocycles. The van der Waals surface area contributed by atoms with Gasteiger partial charge in [-0.15, -0.1) is 0 Å². The Morgan fingerprint density at radius 1 is 1.47 bits per heavy atom. The first-order valence-corrected chi connectivity index (χ1v) is 5.18. The van der Waals surface area contributed by atoms with E-state index in [1.165, 1.54) is 12.1 Å². The Morgan fingerprint density at radius 3 is 3.00 bits per heavy atom. The molecule has 1 fully saturated rings. The highest BCUT2D eigenvalue weighted by molar-refractivity contribution is 5.71. The summed E-state index contributed by atoms with van der Waals surface area (Å²) in [6.45, 7) is 0. The second-order valence-electron chi connectivity index (χ2n) is 3.82. The third kappa shape index (κ3) is 2.78. The number of cyclic esters (lactones) is 1. The molecule has 3 heteroatoms. The van der Waals surface area contributed by atoms with Gasteiger partial charge < -0.3 is 4.74 Å². The third-order valence-corrected chi connectivity index (χ3v) is 2.61. The first-order chi connectivity index (χ1) is 7.24. The van der Waals surface area contributed by atoms with Crippen LogP contribution in [0.3, 0.4) is 0 Å². The van der Waals surface area contributed by atoms with E-state index in [9.17, 15) is 9.18 Å². The van der Waals surface area contributed by atoms with Gasteiger partial charge in [0.25, 0.3) is 0 Å². The number of halogens is 1. The van der Waals surface area contributed by atoms with Crippen LogP contribution < -0.4 is 0 Å². The van der Waals surface area contributed by atoms with Crippen molar-refractivity contribution in [1.82, 2.24) is 0 Å². The average molecular weight is 208 g/mol. The first kappa shape index (κ1) is 10.1. The summed E-state index contributed by atoms with van der Waals surface area (Å²) in [4.78, 5) is 10.8. The predicted molar refractivity (Wildman–Crippen MR) is 53.8 cm³/mol. The van der Waals surface area contributed by atoms with Gasteiger partial charge in [0.1, 0.15) is 11.9 Å². The Labute approximate surface area is 88.1 Å². The molecule has 0 bridgehead atoms. The topological polar surface area (TPSA) is 26.3 Å². The lowest BCUT2D eigenvalue weighted by atomic mass is 10.1. The third-order valence-electron chi connectivity index (χ3n) is 2.61. The van der Waals surface area contributed by atoms with Gasteiger partial charge in [0.2, 0.25) is 0 Å². The van der Waals surface area contributed by atoms with Gasteiger partial charge in [0.05, 0.1) is 0 Å². The maximum Gasteiger partial charge on any atom is 0.306 e. The van der Waals surface area contributed by atoms with Crippen molar-refractivity contribution in [2.24, 2.45) is 0 Å². The molecule has 1 saturated heterocycles. The van der Waals surface area contributed by atoms with E-state index in [1.807, 2.05) is 6.07 Å². The van der Waals surface area contributed by atoms with E-state index < -0.39 is 0 Å².